The number of hydrogen-bond donors (Lipinski definition) is 1. The lowest BCUT2D eigenvalue weighted by molar-refractivity contribution is 0.0796. The van der Waals surface area contributed by atoms with Crippen molar-refractivity contribution in [3.8, 4) is 17.4 Å². The Balaban J connectivity index is 2.05. The molecule has 0 aliphatic heterocycles. The van der Waals surface area contributed by atoms with Crippen LogP contribution in [0.5, 0.6) is 5.88 Å². The second kappa shape index (κ2) is 6.26. The number of pyridine rings is 1. The molecule has 0 aliphatic carbocycles. The molecular formula is C15H9F4N3O2. The average Bonchev–Trinajstić information content (AvgIpc) is 2.55. The predicted molar refractivity (Wildman–Crippen MR) is 77.0 cm³/mol. The third kappa shape index (κ3) is 3.19. The topological polar surface area (TPSA) is 67.9 Å². The molecule has 0 spiro atoms. The molecule has 1 aromatic carbocycles. The molecule has 24 heavy (non-hydrogen) atoms. The first-order valence-corrected chi connectivity index (χ1v) is 6.71. The van der Waals surface area contributed by atoms with Gasteiger partial charge in [-0.25, -0.2) is 27.5 Å². The Labute approximate surface area is 131 Å². The first-order valence-electron chi connectivity index (χ1n) is 6.71. The van der Waals surface area contributed by atoms with Crippen LogP contribution in [0.25, 0.3) is 22.4 Å². The van der Waals surface area contributed by atoms with E-state index in [1.54, 1.807) is 0 Å². The normalized spacial score (nSPS) is 11.2. The maximum absolute atomic E-state index is 13.3. The molecule has 124 valence electrons. The number of rotatable bonds is 4. The number of aromatic amines is 1. The van der Waals surface area contributed by atoms with Gasteiger partial charge >= 0.3 is 0 Å². The Morgan fingerprint density at radius 2 is 1.88 bits per heavy atom. The van der Waals surface area contributed by atoms with Crippen molar-refractivity contribution < 1.29 is 22.3 Å². The fraction of sp³-hybridized carbons (Fsp3) is 0.133. The van der Waals surface area contributed by atoms with Crippen LogP contribution in [-0.4, -0.2) is 28.0 Å². The number of nitrogens with one attached hydrogen (secondary N) is 1. The standard InChI is InChI=1S/C15H9F4N3O2/c16-8-4-7-11(5-9(8)17)21-14(22-15(7)23)10-2-1-3-13(20-10)24-6-12(18)19/h1-5,12H,6H2,(H,21,22,23). The average molecular weight is 339 g/mol. The van der Waals surface area contributed by atoms with Gasteiger partial charge in [-0.1, -0.05) is 6.07 Å². The first kappa shape index (κ1) is 15.9. The number of benzene rings is 1. The molecule has 0 bridgehead atoms. The minimum Gasteiger partial charge on any atom is -0.472 e. The summed E-state index contributed by atoms with van der Waals surface area (Å²) in [5.74, 6) is -2.42. The van der Waals surface area contributed by atoms with E-state index in [9.17, 15) is 22.4 Å². The summed E-state index contributed by atoms with van der Waals surface area (Å²) >= 11 is 0. The van der Waals surface area contributed by atoms with Gasteiger partial charge in [-0.3, -0.25) is 4.79 Å². The van der Waals surface area contributed by atoms with Crippen LogP contribution < -0.4 is 10.3 Å². The highest BCUT2D eigenvalue weighted by Crippen LogP contribution is 2.19. The van der Waals surface area contributed by atoms with Crippen LogP contribution in [0.1, 0.15) is 0 Å². The molecule has 9 heteroatoms. The molecule has 5 nitrogen and oxygen atoms in total. The Bertz CT molecular complexity index is 959. The van der Waals surface area contributed by atoms with Crippen molar-refractivity contribution in [3.63, 3.8) is 0 Å². The summed E-state index contributed by atoms with van der Waals surface area (Å²) in [4.78, 5) is 22.3. The summed E-state index contributed by atoms with van der Waals surface area (Å²) < 4.78 is 55.6. The summed E-state index contributed by atoms with van der Waals surface area (Å²) in [6, 6.07) is 5.83. The van der Waals surface area contributed by atoms with Crippen molar-refractivity contribution in [3.05, 3.63) is 52.3 Å². The number of H-pyrrole nitrogens is 1. The second-order valence-corrected chi connectivity index (χ2v) is 4.76. The molecule has 0 aliphatic rings. The Hall–Kier alpha value is -2.97. The van der Waals surface area contributed by atoms with E-state index in [0.717, 1.165) is 12.1 Å². The van der Waals surface area contributed by atoms with E-state index in [0.29, 0.717) is 0 Å². The highest BCUT2D eigenvalue weighted by atomic mass is 19.3. The molecule has 0 amide bonds. The fourth-order valence-electron chi connectivity index (χ4n) is 2.03. The molecule has 0 unspecified atom stereocenters. The van der Waals surface area contributed by atoms with Crippen LogP contribution in [0.3, 0.4) is 0 Å². The number of halogens is 4. The number of alkyl halides is 2. The quantitative estimate of drug-likeness (QED) is 0.742. The number of aromatic nitrogens is 3. The van der Waals surface area contributed by atoms with E-state index in [4.69, 9.17) is 4.74 Å². The molecule has 0 radical (unpaired) electrons. The van der Waals surface area contributed by atoms with Crippen LogP contribution >= 0.6 is 0 Å². The first-order chi connectivity index (χ1) is 11.4. The van der Waals surface area contributed by atoms with Crippen molar-refractivity contribution in [1.29, 1.82) is 0 Å². The van der Waals surface area contributed by atoms with E-state index in [2.05, 4.69) is 15.0 Å². The molecule has 0 saturated heterocycles. The van der Waals surface area contributed by atoms with Gasteiger partial charge in [0.1, 0.15) is 5.69 Å². The summed E-state index contributed by atoms with van der Waals surface area (Å²) in [5.41, 5.74) is -0.617. The van der Waals surface area contributed by atoms with Gasteiger partial charge in [0.15, 0.2) is 24.1 Å². The number of hydrogen-bond acceptors (Lipinski definition) is 4. The zero-order valence-electron chi connectivity index (χ0n) is 11.9. The maximum atomic E-state index is 13.3. The van der Waals surface area contributed by atoms with Crippen molar-refractivity contribution >= 4 is 10.9 Å². The molecule has 2 aromatic heterocycles. The third-order valence-corrected chi connectivity index (χ3v) is 3.07. The Morgan fingerprint density at radius 1 is 1.12 bits per heavy atom. The van der Waals surface area contributed by atoms with Gasteiger partial charge in [0, 0.05) is 12.1 Å². The largest absolute Gasteiger partial charge is 0.472 e. The Kier molecular flexibility index (Phi) is 4.15. The molecule has 2 heterocycles. The van der Waals surface area contributed by atoms with Gasteiger partial charge in [-0.05, 0) is 12.1 Å². The van der Waals surface area contributed by atoms with E-state index in [-0.39, 0.29) is 28.3 Å². The van der Waals surface area contributed by atoms with Crippen LogP contribution in [-0.2, 0) is 0 Å². The van der Waals surface area contributed by atoms with E-state index in [1.165, 1.54) is 18.2 Å². The van der Waals surface area contributed by atoms with Crippen molar-refractivity contribution in [2.75, 3.05) is 6.61 Å². The fourth-order valence-corrected chi connectivity index (χ4v) is 2.03. The van der Waals surface area contributed by atoms with Crippen LogP contribution in [0.4, 0.5) is 17.6 Å². The zero-order chi connectivity index (χ0) is 17.3. The van der Waals surface area contributed by atoms with Crippen LogP contribution in [0.15, 0.2) is 35.1 Å². The van der Waals surface area contributed by atoms with Gasteiger partial charge in [0.2, 0.25) is 5.88 Å². The molecular weight excluding hydrogens is 330 g/mol. The molecule has 0 saturated carbocycles. The smallest absolute Gasteiger partial charge is 0.272 e. The third-order valence-electron chi connectivity index (χ3n) is 3.07. The summed E-state index contributed by atoms with van der Waals surface area (Å²) in [7, 11) is 0. The molecule has 0 fully saturated rings. The number of ether oxygens (including phenoxy) is 1. The summed E-state index contributed by atoms with van der Waals surface area (Å²) in [5, 5.41) is -0.122. The number of fused-ring (bicyclic) bond motifs is 1. The van der Waals surface area contributed by atoms with Crippen LogP contribution in [0, 0.1) is 11.6 Å². The minimum atomic E-state index is -2.66. The molecule has 0 atom stereocenters. The van der Waals surface area contributed by atoms with Crippen molar-refractivity contribution in [2.24, 2.45) is 0 Å². The van der Waals surface area contributed by atoms with Gasteiger partial charge < -0.3 is 9.72 Å². The van der Waals surface area contributed by atoms with Gasteiger partial charge in [0.25, 0.3) is 12.0 Å². The lowest BCUT2D eigenvalue weighted by Crippen LogP contribution is -2.11. The predicted octanol–water partition coefficient (Wildman–Crippen LogP) is 2.91. The lowest BCUT2D eigenvalue weighted by atomic mass is 10.2. The molecule has 3 rings (SSSR count). The highest BCUT2D eigenvalue weighted by molar-refractivity contribution is 5.79. The zero-order valence-corrected chi connectivity index (χ0v) is 11.9. The van der Waals surface area contributed by atoms with Crippen molar-refractivity contribution in [2.45, 2.75) is 6.43 Å². The van der Waals surface area contributed by atoms with Gasteiger partial charge in [0.05, 0.1) is 10.9 Å². The molecule has 1 N–H and O–H groups in total. The van der Waals surface area contributed by atoms with E-state index >= 15 is 0 Å². The lowest BCUT2D eigenvalue weighted by Gasteiger charge is -2.07. The minimum absolute atomic E-state index is 0.0268. The van der Waals surface area contributed by atoms with Gasteiger partial charge in [-0.15, -0.1) is 0 Å². The van der Waals surface area contributed by atoms with E-state index in [1.807, 2.05) is 0 Å². The summed E-state index contributed by atoms with van der Waals surface area (Å²) in [6.45, 7) is -0.831. The highest BCUT2D eigenvalue weighted by Gasteiger charge is 2.12. The SMILES string of the molecule is O=c1[nH]c(-c2cccc(OCC(F)F)n2)nc2cc(F)c(F)cc12. The number of nitrogens with zero attached hydrogens (tertiary/aromatic N) is 2. The summed E-state index contributed by atoms with van der Waals surface area (Å²) in [6.07, 6.45) is -2.66. The second-order valence-electron chi connectivity index (χ2n) is 4.76. The van der Waals surface area contributed by atoms with Crippen molar-refractivity contribution in [1.82, 2.24) is 15.0 Å². The van der Waals surface area contributed by atoms with Crippen LogP contribution in [0.2, 0.25) is 0 Å². The maximum Gasteiger partial charge on any atom is 0.272 e. The van der Waals surface area contributed by atoms with Gasteiger partial charge in [-0.2, -0.15) is 0 Å². The van der Waals surface area contributed by atoms with E-state index < -0.39 is 30.2 Å². The Morgan fingerprint density at radius 3 is 2.62 bits per heavy atom. The monoisotopic (exact) mass is 339 g/mol. The molecule has 3 aromatic rings.